The van der Waals surface area contributed by atoms with E-state index in [1.807, 2.05) is 25.2 Å². The predicted molar refractivity (Wildman–Crippen MR) is 107 cm³/mol. The van der Waals surface area contributed by atoms with Crippen LogP contribution in [0.2, 0.25) is 0 Å². The lowest BCUT2D eigenvalue weighted by atomic mass is 10.1. The number of rotatable bonds is 7. The van der Waals surface area contributed by atoms with Gasteiger partial charge in [-0.2, -0.15) is 0 Å². The minimum atomic E-state index is 0.775. The Labute approximate surface area is 156 Å². The molecule has 0 aliphatic rings. The Kier molecular flexibility index (Phi) is 7.33. The molecule has 2 aromatic carbocycles. The van der Waals surface area contributed by atoms with Gasteiger partial charge in [-0.15, -0.1) is 0 Å². The maximum atomic E-state index is 5.45. The molecule has 0 unspecified atom stereocenters. The molecule has 2 rings (SSSR count). The van der Waals surface area contributed by atoms with Crippen LogP contribution in [0.4, 0.5) is 0 Å². The summed E-state index contributed by atoms with van der Waals surface area (Å²) in [6, 6.07) is 14.4. The maximum absolute atomic E-state index is 5.45. The quantitative estimate of drug-likeness (QED) is 0.612. The molecule has 26 heavy (non-hydrogen) atoms. The highest BCUT2D eigenvalue weighted by Gasteiger charge is 2.08. The number of nitrogens with one attached hydrogen (secondary N) is 1. The molecule has 0 aliphatic carbocycles. The zero-order valence-corrected chi connectivity index (χ0v) is 16.4. The van der Waals surface area contributed by atoms with Gasteiger partial charge in [-0.1, -0.05) is 29.8 Å². The molecular formula is C21H29N3O2. The van der Waals surface area contributed by atoms with Gasteiger partial charge in [0.05, 0.1) is 14.2 Å². The van der Waals surface area contributed by atoms with Gasteiger partial charge in [0, 0.05) is 27.2 Å². The van der Waals surface area contributed by atoms with Crippen LogP contribution < -0.4 is 14.8 Å². The average molecular weight is 355 g/mol. The van der Waals surface area contributed by atoms with Crippen molar-refractivity contribution in [2.45, 2.75) is 19.9 Å². The lowest BCUT2D eigenvalue weighted by molar-refractivity contribution is 0.409. The first-order valence-electron chi connectivity index (χ1n) is 8.75. The van der Waals surface area contributed by atoms with Crippen LogP contribution in [-0.4, -0.2) is 45.7 Å². The number of hydrogen-bond acceptors (Lipinski definition) is 3. The SMILES string of the molecule is CN=C(NCCc1cc(C)ccc1OC)N(C)Cc1ccc(OC)cc1. The van der Waals surface area contributed by atoms with Crippen LogP contribution in [0.3, 0.4) is 0 Å². The molecule has 0 radical (unpaired) electrons. The topological polar surface area (TPSA) is 46.1 Å². The smallest absolute Gasteiger partial charge is 0.193 e. The third-order valence-corrected chi connectivity index (χ3v) is 4.27. The van der Waals surface area contributed by atoms with E-state index in [-0.39, 0.29) is 0 Å². The van der Waals surface area contributed by atoms with E-state index in [2.05, 4.69) is 46.4 Å². The van der Waals surface area contributed by atoms with E-state index < -0.39 is 0 Å². The molecule has 0 bridgehead atoms. The van der Waals surface area contributed by atoms with Gasteiger partial charge in [-0.25, -0.2) is 0 Å². The van der Waals surface area contributed by atoms with E-state index in [1.54, 1.807) is 21.3 Å². The zero-order chi connectivity index (χ0) is 18.9. The third-order valence-electron chi connectivity index (χ3n) is 4.27. The monoisotopic (exact) mass is 355 g/mol. The molecule has 0 atom stereocenters. The van der Waals surface area contributed by atoms with Gasteiger partial charge in [-0.05, 0) is 42.7 Å². The van der Waals surface area contributed by atoms with Crippen molar-refractivity contribution in [2.75, 3.05) is 34.9 Å². The summed E-state index contributed by atoms with van der Waals surface area (Å²) in [7, 11) is 7.23. The first-order chi connectivity index (χ1) is 12.6. The molecule has 0 fully saturated rings. The maximum Gasteiger partial charge on any atom is 0.193 e. The Morgan fingerprint density at radius 3 is 2.42 bits per heavy atom. The number of benzene rings is 2. The molecule has 0 heterocycles. The highest BCUT2D eigenvalue weighted by molar-refractivity contribution is 5.79. The number of ether oxygens (including phenoxy) is 2. The van der Waals surface area contributed by atoms with Gasteiger partial charge >= 0.3 is 0 Å². The van der Waals surface area contributed by atoms with Gasteiger partial charge in [0.25, 0.3) is 0 Å². The van der Waals surface area contributed by atoms with Crippen molar-refractivity contribution in [1.29, 1.82) is 0 Å². The number of hydrogen-bond donors (Lipinski definition) is 1. The molecule has 0 saturated heterocycles. The molecule has 0 aliphatic heterocycles. The molecule has 5 nitrogen and oxygen atoms in total. The second-order valence-corrected chi connectivity index (χ2v) is 6.24. The van der Waals surface area contributed by atoms with Crippen molar-refractivity contribution < 1.29 is 9.47 Å². The summed E-state index contributed by atoms with van der Waals surface area (Å²) in [6.45, 7) is 3.66. The van der Waals surface area contributed by atoms with Crippen molar-refractivity contribution in [2.24, 2.45) is 4.99 Å². The number of guanidine groups is 1. The summed E-state index contributed by atoms with van der Waals surface area (Å²) in [5.74, 6) is 2.66. The Morgan fingerprint density at radius 1 is 1.08 bits per heavy atom. The molecule has 140 valence electrons. The molecule has 0 spiro atoms. The highest BCUT2D eigenvalue weighted by Crippen LogP contribution is 2.19. The van der Waals surface area contributed by atoms with Crippen molar-refractivity contribution in [3.05, 3.63) is 59.2 Å². The van der Waals surface area contributed by atoms with Crippen LogP contribution in [0, 0.1) is 6.92 Å². The first-order valence-corrected chi connectivity index (χ1v) is 8.75. The zero-order valence-electron chi connectivity index (χ0n) is 16.4. The number of aryl methyl sites for hydroxylation is 1. The summed E-state index contributed by atoms with van der Waals surface area (Å²) < 4.78 is 10.7. The molecular weight excluding hydrogens is 326 g/mol. The molecule has 0 saturated carbocycles. The Morgan fingerprint density at radius 2 is 1.81 bits per heavy atom. The Bertz CT molecular complexity index is 727. The Balaban J connectivity index is 1.91. The summed E-state index contributed by atoms with van der Waals surface area (Å²) in [4.78, 5) is 6.49. The van der Waals surface area contributed by atoms with E-state index in [0.717, 1.165) is 37.0 Å². The van der Waals surface area contributed by atoms with Crippen LogP contribution in [-0.2, 0) is 13.0 Å². The number of aliphatic imine (C=N–C) groups is 1. The van der Waals surface area contributed by atoms with Gasteiger partial charge in [0.1, 0.15) is 11.5 Å². The fourth-order valence-electron chi connectivity index (χ4n) is 2.88. The summed E-state index contributed by atoms with van der Waals surface area (Å²) in [5, 5.41) is 3.43. The predicted octanol–water partition coefficient (Wildman–Crippen LogP) is 3.26. The largest absolute Gasteiger partial charge is 0.497 e. The lowest BCUT2D eigenvalue weighted by Gasteiger charge is -2.22. The van der Waals surface area contributed by atoms with Crippen LogP contribution >= 0.6 is 0 Å². The third kappa shape index (κ3) is 5.41. The number of nitrogens with zero attached hydrogens (tertiary/aromatic N) is 2. The van der Waals surface area contributed by atoms with Gasteiger partial charge in [0.15, 0.2) is 5.96 Å². The normalized spacial score (nSPS) is 11.2. The average Bonchev–Trinajstić information content (AvgIpc) is 2.66. The van der Waals surface area contributed by atoms with Crippen molar-refractivity contribution in [1.82, 2.24) is 10.2 Å². The standard InChI is InChI=1S/C21H29N3O2/c1-16-6-11-20(26-5)18(14-16)12-13-23-21(22-2)24(3)15-17-7-9-19(25-4)10-8-17/h6-11,14H,12-13,15H2,1-5H3,(H,22,23). The van der Waals surface area contributed by atoms with Crippen LogP contribution in [0.25, 0.3) is 0 Å². The van der Waals surface area contributed by atoms with Gasteiger partial charge in [-0.3, -0.25) is 4.99 Å². The van der Waals surface area contributed by atoms with Crippen molar-refractivity contribution in [3.8, 4) is 11.5 Å². The molecule has 0 amide bonds. The lowest BCUT2D eigenvalue weighted by Crippen LogP contribution is -2.39. The van der Waals surface area contributed by atoms with Crippen LogP contribution in [0.1, 0.15) is 16.7 Å². The molecule has 2 aromatic rings. The van der Waals surface area contributed by atoms with Crippen LogP contribution in [0.5, 0.6) is 11.5 Å². The van der Waals surface area contributed by atoms with E-state index in [4.69, 9.17) is 9.47 Å². The summed E-state index contributed by atoms with van der Waals surface area (Å²) in [6.07, 6.45) is 0.875. The Hall–Kier alpha value is -2.69. The van der Waals surface area contributed by atoms with E-state index in [9.17, 15) is 0 Å². The minimum absolute atomic E-state index is 0.775. The van der Waals surface area contributed by atoms with E-state index >= 15 is 0 Å². The molecule has 5 heteroatoms. The molecule has 0 aromatic heterocycles. The fourth-order valence-corrected chi connectivity index (χ4v) is 2.88. The van der Waals surface area contributed by atoms with E-state index in [1.165, 1.54) is 16.7 Å². The number of methoxy groups -OCH3 is 2. The van der Waals surface area contributed by atoms with Crippen molar-refractivity contribution >= 4 is 5.96 Å². The second-order valence-electron chi connectivity index (χ2n) is 6.24. The summed E-state index contributed by atoms with van der Waals surface area (Å²) in [5.41, 5.74) is 3.65. The minimum Gasteiger partial charge on any atom is -0.497 e. The highest BCUT2D eigenvalue weighted by atomic mass is 16.5. The summed E-state index contributed by atoms with van der Waals surface area (Å²) >= 11 is 0. The molecule has 1 N–H and O–H groups in total. The first kappa shape index (κ1) is 19.6. The van der Waals surface area contributed by atoms with Crippen LogP contribution in [0.15, 0.2) is 47.5 Å². The van der Waals surface area contributed by atoms with Gasteiger partial charge < -0.3 is 19.7 Å². The second kappa shape index (κ2) is 9.70. The fraction of sp³-hybridized carbons (Fsp3) is 0.381. The van der Waals surface area contributed by atoms with E-state index in [0.29, 0.717) is 0 Å². The van der Waals surface area contributed by atoms with Gasteiger partial charge in [0.2, 0.25) is 0 Å². The van der Waals surface area contributed by atoms with Crippen molar-refractivity contribution in [3.63, 3.8) is 0 Å².